The SMILES string of the molecule is CCCCCc1ccc2c(cc(F)c3cc(-c4ccc(OC(F)F)cc4)ccc32)c1F. The van der Waals surface area contributed by atoms with E-state index in [1.807, 2.05) is 12.1 Å². The van der Waals surface area contributed by atoms with Crippen LogP contribution < -0.4 is 4.74 Å². The van der Waals surface area contributed by atoms with Gasteiger partial charge in [0.2, 0.25) is 0 Å². The second kappa shape index (κ2) is 8.96. The zero-order valence-corrected chi connectivity index (χ0v) is 17.1. The molecule has 0 aliphatic carbocycles. The third kappa shape index (κ3) is 4.36. The van der Waals surface area contributed by atoms with Crippen molar-refractivity contribution in [2.75, 3.05) is 0 Å². The molecule has 4 rings (SSSR count). The zero-order chi connectivity index (χ0) is 22.0. The van der Waals surface area contributed by atoms with E-state index in [2.05, 4.69) is 11.7 Å². The average molecular weight is 426 g/mol. The van der Waals surface area contributed by atoms with Crippen LogP contribution in [0.25, 0.3) is 32.7 Å². The van der Waals surface area contributed by atoms with E-state index >= 15 is 4.39 Å². The number of ether oxygens (including phenoxy) is 1. The normalized spacial score (nSPS) is 11.5. The number of hydrogen-bond acceptors (Lipinski definition) is 1. The summed E-state index contributed by atoms with van der Waals surface area (Å²) in [4.78, 5) is 0. The topological polar surface area (TPSA) is 9.23 Å². The number of aryl methyl sites for hydroxylation is 1. The maximum atomic E-state index is 15.0. The van der Waals surface area contributed by atoms with E-state index in [4.69, 9.17) is 0 Å². The van der Waals surface area contributed by atoms with E-state index in [-0.39, 0.29) is 11.6 Å². The van der Waals surface area contributed by atoms with Crippen LogP contribution in [0, 0.1) is 11.6 Å². The summed E-state index contributed by atoms with van der Waals surface area (Å²) >= 11 is 0. The van der Waals surface area contributed by atoms with Crippen molar-refractivity contribution >= 4 is 21.5 Å². The van der Waals surface area contributed by atoms with E-state index in [9.17, 15) is 13.2 Å². The molecule has 0 spiro atoms. The first-order chi connectivity index (χ1) is 15.0. The lowest BCUT2D eigenvalue weighted by molar-refractivity contribution is -0.0498. The van der Waals surface area contributed by atoms with Gasteiger partial charge in [0.15, 0.2) is 0 Å². The molecule has 0 unspecified atom stereocenters. The maximum Gasteiger partial charge on any atom is 0.387 e. The van der Waals surface area contributed by atoms with Gasteiger partial charge in [-0.25, -0.2) is 8.78 Å². The van der Waals surface area contributed by atoms with Crippen LogP contribution in [-0.2, 0) is 6.42 Å². The first-order valence-electron chi connectivity index (χ1n) is 10.4. The molecule has 0 atom stereocenters. The van der Waals surface area contributed by atoms with Crippen LogP contribution in [0.4, 0.5) is 17.6 Å². The molecule has 0 fully saturated rings. The molecule has 4 aromatic rings. The van der Waals surface area contributed by atoms with Gasteiger partial charge in [-0.3, -0.25) is 0 Å². The van der Waals surface area contributed by atoms with Gasteiger partial charge in [-0.1, -0.05) is 56.2 Å². The van der Waals surface area contributed by atoms with Crippen molar-refractivity contribution < 1.29 is 22.3 Å². The highest BCUT2D eigenvalue weighted by atomic mass is 19.3. The molecule has 1 nitrogen and oxygen atoms in total. The Kier molecular flexibility index (Phi) is 6.12. The van der Waals surface area contributed by atoms with Gasteiger partial charge in [0.05, 0.1) is 0 Å². The van der Waals surface area contributed by atoms with Crippen LogP contribution in [-0.4, -0.2) is 6.61 Å². The first kappa shape index (κ1) is 21.2. The summed E-state index contributed by atoms with van der Waals surface area (Å²) in [5, 5.41) is 1.98. The Bertz CT molecular complexity index is 1220. The van der Waals surface area contributed by atoms with Crippen molar-refractivity contribution in [2.24, 2.45) is 0 Å². The predicted molar refractivity (Wildman–Crippen MR) is 117 cm³/mol. The molecule has 0 radical (unpaired) electrons. The largest absolute Gasteiger partial charge is 0.435 e. The number of fused-ring (bicyclic) bond motifs is 3. The molecule has 0 aliphatic rings. The number of benzene rings is 4. The number of halogens is 4. The Morgan fingerprint density at radius 2 is 1.42 bits per heavy atom. The lowest BCUT2D eigenvalue weighted by atomic mass is 9.94. The van der Waals surface area contributed by atoms with Crippen LogP contribution in [0.1, 0.15) is 31.7 Å². The Morgan fingerprint density at radius 3 is 2.13 bits per heavy atom. The van der Waals surface area contributed by atoms with Crippen molar-refractivity contribution in [1.82, 2.24) is 0 Å². The maximum absolute atomic E-state index is 15.0. The highest BCUT2D eigenvalue weighted by molar-refractivity contribution is 6.09. The second-order valence-corrected chi connectivity index (χ2v) is 7.61. The van der Waals surface area contributed by atoms with E-state index in [0.29, 0.717) is 33.5 Å². The Hall–Kier alpha value is -3.08. The summed E-state index contributed by atoms with van der Waals surface area (Å²) in [5.41, 5.74) is 2.08. The van der Waals surface area contributed by atoms with Crippen LogP contribution >= 0.6 is 0 Å². The van der Waals surface area contributed by atoms with Gasteiger partial charge in [-0.15, -0.1) is 0 Å². The molecule has 0 saturated heterocycles. The van der Waals surface area contributed by atoms with Gasteiger partial charge < -0.3 is 4.74 Å². The van der Waals surface area contributed by atoms with Crippen LogP contribution in [0.5, 0.6) is 5.75 Å². The Morgan fingerprint density at radius 1 is 0.742 bits per heavy atom. The number of alkyl halides is 2. The lowest BCUT2D eigenvalue weighted by Crippen LogP contribution is -2.01. The minimum absolute atomic E-state index is 0.0573. The Labute approximate surface area is 178 Å². The molecule has 0 aliphatic heterocycles. The van der Waals surface area contributed by atoms with Gasteiger partial charge in [0.1, 0.15) is 17.4 Å². The predicted octanol–water partition coefficient (Wildman–Crippen LogP) is 8.27. The van der Waals surface area contributed by atoms with Gasteiger partial charge in [0.25, 0.3) is 0 Å². The van der Waals surface area contributed by atoms with Gasteiger partial charge >= 0.3 is 6.61 Å². The molecule has 0 bridgehead atoms. The molecule has 0 saturated carbocycles. The molecular formula is C26H22F4O. The second-order valence-electron chi connectivity index (χ2n) is 7.61. The van der Waals surface area contributed by atoms with Crippen molar-refractivity contribution in [3.63, 3.8) is 0 Å². The zero-order valence-electron chi connectivity index (χ0n) is 17.1. The van der Waals surface area contributed by atoms with Crippen LogP contribution in [0.15, 0.2) is 60.7 Å². The first-order valence-corrected chi connectivity index (χ1v) is 10.4. The summed E-state index contributed by atoms with van der Waals surface area (Å²) in [6.45, 7) is -0.792. The standard InChI is InChI=1S/C26H22F4O/c1-2-3-4-5-17-8-12-21-20-13-9-18(14-22(20)24(27)15-23(21)25(17)28)16-6-10-19(11-7-16)31-26(29)30/h6-15,26H,2-5H2,1H3. The minimum atomic E-state index is -2.89. The van der Waals surface area contributed by atoms with Gasteiger partial charge in [0, 0.05) is 10.8 Å². The van der Waals surface area contributed by atoms with Crippen molar-refractivity contribution in [3.8, 4) is 16.9 Å². The quantitative estimate of drug-likeness (QED) is 0.164. The monoisotopic (exact) mass is 426 g/mol. The summed E-state index contributed by atoms with van der Waals surface area (Å²) in [5.74, 6) is -0.790. The van der Waals surface area contributed by atoms with Gasteiger partial charge in [-0.05, 0) is 64.6 Å². The molecule has 0 amide bonds. The fraction of sp³-hybridized carbons (Fsp3) is 0.231. The molecule has 4 aromatic carbocycles. The molecular weight excluding hydrogens is 404 g/mol. The number of hydrogen-bond donors (Lipinski definition) is 0. The van der Waals surface area contributed by atoms with E-state index in [1.165, 1.54) is 18.2 Å². The van der Waals surface area contributed by atoms with E-state index < -0.39 is 12.4 Å². The van der Waals surface area contributed by atoms with Crippen molar-refractivity contribution in [1.29, 1.82) is 0 Å². The fourth-order valence-corrected chi connectivity index (χ4v) is 3.96. The molecule has 5 heteroatoms. The summed E-state index contributed by atoms with van der Waals surface area (Å²) in [6, 6.07) is 16.4. The highest BCUT2D eigenvalue weighted by Gasteiger charge is 2.14. The van der Waals surface area contributed by atoms with Crippen molar-refractivity contribution in [3.05, 3.63) is 77.9 Å². The van der Waals surface area contributed by atoms with Crippen molar-refractivity contribution in [2.45, 2.75) is 39.2 Å². The molecule has 31 heavy (non-hydrogen) atoms. The van der Waals surface area contributed by atoms with Gasteiger partial charge in [-0.2, -0.15) is 8.78 Å². The van der Waals surface area contributed by atoms with Crippen LogP contribution in [0.2, 0.25) is 0 Å². The molecule has 0 aromatic heterocycles. The minimum Gasteiger partial charge on any atom is -0.435 e. The highest BCUT2D eigenvalue weighted by Crippen LogP contribution is 2.34. The fourth-order valence-electron chi connectivity index (χ4n) is 3.96. The molecule has 0 N–H and O–H groups in total. The third-order valence-corrected chi connectivity index (χ3v) is 5.56. The average Bonchev–Trinajstić information content (AvgIpc) is 2.76. The number of rotatable bonds is 7. The van der Waals surface area contributed by atoms with Crippen LogP contribution in [0.3, 0.4) is 0 Å². The number of unbranched alkanes of at least 4 members (excludes halogenated alkanes) is 2. The smallest absolute Gasteiger partial charge is 0.387 e. The summed E-state index contributed by atoms with van der Waals surface area (Å²) < 4.78 is 59.0. The lowest BCUT2D eigenvalue weighted by Gasteiger charge is -2.12. The third-order valence-electron chi connectivity index (χ3n) is 5.56. The van der Waals surface area contributed by atoms with E-state index in [0.717, 1.165) is 30.4 Å². The molecule has 0 heterocycles. The Balaban J connectivity index is 1.74. The molecule has 160 valence electrons. The van der Waals surface area contributed by atoms with E-state index in [1.54, 1.807) is 30.3 Å². The summed E-state index contributed by atoms with van der Waals surface area (Å²) in [6.07, 6.45) is 3.62. The summed E-state index contributed by atoms with van der Waals surface area (Å²) in [7, 11) is 0.